The summed E-state index contributed by atoms with van der Waals surface area (Å²) in [5, 5.41) is 9.12. The highest BCUT2D eigenvalue weighted by atomic mass is 16.3. The van der Waals surface area contributed by atoms with Crippen molar-refractivity contribution >= 4 is 11.2 Å². The molecule has 0 radical (unpaired) electrons. The average Bonchev–Trinajstić information content (AvgIpc) is 2.67. The molecule has 1 atom stereocenters. The van der Waals surface area contributed by atoms with Gasteiger partial charge in [0.2, 0.25) is 0 Å². The molecule has 0 aromatic carbocycles. The lowest BCUT2D eigenvalue weighted by atomic mass is 10.1. The molecule has 0 spiro atoms. The summed E-state index contributed by atoms with van der Waals surface area (Å²) in [6.45, 7) is 1.76. The number of nitrogens with one attached hydrogen (secondary N) is 3. The van der Waals surface area contributed by atoms with E-state index in [1.807, 2.05) is 0 Å². The Labute approximate surface area is 102 Å². The minimum Gasteiger partial charge on any atom is -0.393 e. The van der Waals surface area contributed by atoms with Crippen LogP contribution in [0.1, 0.15) is 32.0 Å². The summed E-state index contributed by atoms with van der Waals surface area (Å²) in [4.78, 5) is 34.2. The molecule has 0 aliphatic rings. The van der Waals surface area contributed by atoms with E-state index >= 15 is 0 Å². The zero-order valence-electron chi connectivity index (χ0n) is 10.1. The van der Waals surface area contributed by atoms with Crippen molar-refractivity contribution in [1.82, 2.24) is 19.9 Å². The molecule has 2 heterocycles. The van der Waals surface area contributed by atoms with Crippen molar-refractivity contribution in [2.75, 3.05) is 0 Å². The summed E-state index contributed by atoms with van der Waals surface area (Å²) in [6.07, 6.45) is 2.90. The van der Waals surface area contributed by atoms with E-state index < -0.39 is 11.2 Å². The number of hydrogen-bond donors (Lipinski definition) is 4. The highest BCUT2D eigenvalue weighted by Crippen LogP contribution is 2.07. The van der Waals surface area contributed by atoms with E-state index in [-0.39, 0.29) is 11.8 Å². The number of aryl methyl sites for hydroxylation is 1. The fraction of sp³-hybridized carbons (Fsp3) is 0.545. The van der Waals surface area contributed by atoms with Gasteiger partial charge in [-0.2, -0.15) is 0 Å². The van der Waals surface area contributed by atoms with Gasteiger partial charge in [-0.25, -0.2) is 9.78 Å². The third kappa shape index (κ3) is 2.86. The zero-order chi connectivity index (χ0) is 13.1. The van der Waals surface area contributed by atoms with Crippen molar-refractivity contribution in [1.29, 1.82) is 0 Å². The van der Waals surface area contributed by atoms with Crippen LogP contribution in [-0.2, 0) is 6.42 Å². The van der Waals surface area contributed by atoms with Crippen LogP contribution in [0.3, 0.4) is 0 Å². The van der Waals surface area contributed by atoms with Crippen LogP contribution in [-0.4, -0.2) is 31.1 Å². The van der Waals surface area contributed by atoms with E-state index in [1.165, 1.54) is 0 Å². The minimum atomic E-state index is -0.556. The van der Waals surface area contributed by atoms with E-state index in [1.54, 1.807) is 6.92 Å². The highest BCUT2D eigenvalue weighted by molar-refractivity contribution is 5.68. The van der Waals surface area contributed by atoms with Crippen LogP contribution in [0.15, 0.2) is 9.59 Å². The molecule has 2 aromatic rings. The molecule has 0 saturated carbocycles. The summed E-state index contributed by atoms with van der Waals surface area (Å²) >= 11 is 0. The summed E-state index contributed by atoms with van der Waals surface area (Å²) in [6, 6.07) is 0. The summed E-state index contributed by atoms with van der Waals surface area (Å²) in [5.74, 6) is 0.669. The normalized spacial score (nSPS) is 13.0. The Morgan fingerprint density at radius 3 is 2.72 bits per heavy atom. The van der Waals surface area contributed by atoms with E-state index in [0.29, 0.717) is 17.8 Å². The van der Waals surface area contributed by atoms with Gasteiger partial charge in [0.1, 0.15) is 11.3 Å². The second-order valence-corrected chi connectivity index (χ2v) is 4.41. The third-order valence-electron chi connectivity index (χ3n) is 2.72. The average molecular weight is 252 g/mol. The Morgan fingerprint density at radius 1 is 1.22 bits per heavy atom. The van der Waals surface area contributed by atoms with Crippen molar-refractivity contribution in [2.24, 2.45) is 0 Å². The monoisotopic (exact) mass is 252 g/mol. The van der Waals surface area contributed by atoms with E-state index in [9.17, 15) is 9.59 Å². The van der Waals surface area contributed by atoms with Gasteiger partial charge in [0.05, 0.1) is 6.10 Å². The maximum atomic E-state index is 11.5. The number of aromatic amines is 3. The Hall–Kier alpha value is -1.89. The molecular weight excluding hydrogens is 236 g/mol. The van der Waals surface area contributed by atoms with Crippen molar-refractivity contribution in [3.05, 3.63) is 26.7 Å². The molecule has 4 N–H and O–H groups in total. The number of fused-ring (bicyclic) bond motifs is 1. The second kappa shape index (κ2) is 5.18. The van der Waals surface area contributed by atoms with Crippen LogP contribution < -0.4 is 11.2 Å². The molecule has 98 valence electrons. The van der Waals surface area contributed by atoms with Crippen molar-refractivity contribution < 1.29 is 5.11 Å². The van der Waals surface area contributed by atoms with Gasteiger partial charge in [0.25, 0.3) is 5.56 Å². The quantitative estimate of drug-likeness (QED) is 0.562. The first-order chi connectivity index (χ1) is 8.56. The first-order valence-corrected chi connectivity index (χ1v) is 5.95. The van der Waals surface area contributed by atoms with Gasteiger partial charge < -0.3 is 10.1 Å². The smallest absolute Gasteiger partial charge is 0.327 e. The first-order valence-electron chi connectivity index (χ1n) is 5.95. The maximum absolute atomic E-state index is 11.5. The minimum absolute atomic E-state index is 0.286. The number of hydrogen-bond acceptors (Lipinski definition) is 4. The fourth-order valence-corrected chi connectivity index (χ4v) is 1.83. The molecule has 0 amide bonds. The molecule has 0 saturated heterocycles. The van der Waals surface area contributed by atoms with E-state index in [4.69, 9.17) is 5.11 Å². The third-order valence-corrected chi connectivity index (χ3v) is 2.72. The van der Waals surface area contributed by atoms with Gasteiger partial charge >= 0.3 is 5.69 Å². The number of aromatic nitrogens is 4. The topological polar surface area (TPSA) is 115 Å². The molecule has 2 aromatic heterocycles. The van der Waals surface area contributed by atoms with Gasteiger partial charge in [-0.05, 0) is 19.8 Å². The van der Waals surface area contributed by atoms with Crippen molar-refractivity contribution in [3.63, 3.8) is 0 Å². The van der Waals surface area contributed by atoms with Crippen LogP contribution in [0, 0.1) is 0 Å². The van der Waals surface area contributed by atoms with E-state index in [2.05, 4.69) is 19.9 Å². The number of aliphatic hydroxyl groups excluding tert-OH is 1. The largest absolute Gasteiger partial charge is 0.393 e. The van der Waals surface area contributed by atoms with Crippen LogP contribution in [0.25, 0.3) is 11.2 Å². The second-order valence-electron chi connectivity index (χ2n) is 4.41. The molecule has 0 fully saturated rings. The number of imidazole rings is 1. The SMILES string of the molecule is CC(O)CCCCc1nc2[nH]c(=O)[nH]c(=O)c2[nH]1. The lowest BCUT2D eigenvalue weighted by Gasteiger charge is -2.01. The van der Waals surface area contributed by atoms with Gasteiger partial charge in [-0.15, -0.1) is 0 Å². The first kappa shape index (κ1) is 12.6. The fourth-order valence-electron chi connectivity index (χ4n) is 1.83. The van der Waals surface area contributed by atoms with E-state index in [0.717, 1.165) is 19.3 Å². The molecule has 0 aliphatic heterocycles. The molecule has 1 unspecified atom stereocenters. The van der Waals surface area contributed by atoms with Crippen molar-refractivity contribution in [2.45, 2.75) is 38.7 Å². The number of H-pyrrole nitrogens is 3. The molecule has 2 rings (SSSR count). The van der Waals surface area contributed by atoms with Crippen LogP contribution in [0.2, 0.25) is 0 Å². The molecule has 0 aliphatic carbocycles. The molecule has 0 bridgehead atoms. The lowest BCUT2D eigenvalue weighted by molar-refractivity contribution is 0.180. The van der Waals surface area contributed by atoms with Crippen LogP contribution in [0.4, 0.5) is 0 Å². The van der Waals surface area contributed by atoms with Crippen LogP contribution >= 0.6 is 0 Å². The lowest BCUT2D eigenvalue weighted by Crippen LogP contribution is -2.21. The molecule has 7 nitrogen and oxygen atoms in total. The Balaban J connectivity index is 2.09. The maximum Gasteiger partial charge on any atom is 0.327 e. The number of rotatable bonds is 5. The summed E-state index contributed by atoms with van der Waals surface area (Å²) in [5.41, 5.74) is -0.439. The summed E-state index contributed by atoms with van der Waals surface area (Å²) in [7, 11) is 0. The standard InChI is InChI=1S/C11H16N4O3/c1-6(16)4-2-3-5-7-12-8-9(13-7)14-11(18)15-10(8)17/h6,16H,2-5H2,1H3,(H3,12,13,14,15,17,18). The summed E-state index contributed by atoms with van der Waals surface area (Å²) < 4.78 is 0. The number of nitrogens with zero attached hydrogens (tertiary/aromatic N) is 1. The Bertz CT molecular complexity index is 638. The molecule has 18 heavy (non-hydrogen) atoms. The van der Waals surface area contributed by atoms with Gasteiger partial charge in [0.15, 0.2) is 5.65 Å². The van der Waals surface area contributed by atoms with Crippen molar-refractivity contribution in [3.8, 4) is 0 Å². The Morgan fingerprint density at radius 2 is 2.00 bits per heavy atom. The van der Waals surface area contributed by atoms with Gasteiger partial charge in [-0.3, -0.25) is 14.8 Å². The molecular formula is C11H16N4O3. The van der Waals surface area contributed by atoms with Crippen LogP contribution in [0.5, 0.6) is 0 Å². The van der Waals surface area contributed by atoms with Gasteiger partial charge in [-0.1, -0.05) is 6.42 Å². The number of aliphatic hydroxyl groups is 1. The predicted octanol–water partition coefficient (Wildman–Crippen LogP) is 0.0331. The Kier molecular flexibility index (Phi) is 3.61. The molecule has 7 heteroatoms. The zero-order valence-corrected chi connectivity index (χ0v) is 10.1. The highest BCUT2D eigenvalue weighted by Gasteiger charge is 2.07. The number of unbranched alkanes of at least 4 members (excludes halogenated alkanes) is 1. The predicted molar refractivity (Wildman–Crippen MR) is 66.6 cm³/mol. The van der Waals surface area contributed by atoms with Gasteiger partial charge in [0, 0.05) is 6.42 Å².